The van der Waals surface area contributed by atoms with Crippen LogP contribution in [0.4, 0.5) is 5.69 Å². The first-order chi connectivity index (χ1) is 7.70. The molecule has 0 radical (unpaired) electrons. The molecule has 0 fully saturated rings. The molecule has 0 atom stereocenters. The first-order valence-electron chi connectivity index (χ1n) is 5.33. The van der Waals surface area contributed by atoms with E-state index in [9.17, 15) is 4.79 Å². The predicted octanol–water partition coefficient (Wildman–Crippen LogP) is 1.38. The van der Waals surface area contributed by atoms with Crippen molar-refractivity contribution in [3.63, 3.8) is 0 Å². The van der Waals surface area contributed by atoms with Gasteiger partial charge >= 0.3 is 0 Å². The second kappa shape index (κ2) is 6.12. The van der Waals surface area contributed by atoms with Gasteiger partial charge in [-0.05, 0) is 19.1 Å². The minimum atomic E-state index is -0.0438. The summed E-state index contributed by atoms with van der Waals surface area (Å²) in [6.07, 6.45) is 0. The number of hydrogen-bond acceptors (Lipinski definition) is 3. The van der Waals surface area contributed by atoms with Crippen LogP contribution in [0.15, 0.2) is 24.3 Å². The third kappa shape index (κ3) is 2.97. The normalized spacial score (nSPS) is 10.1. The van der Waals surface area contributed by atoms with Crippen molar-refractivity contribution in [3.8, 4) is 0 Å². The van der Waals surface area contributed by atoms with E-state index < -0.39 is 0 Å². The van der Waals surface area contributed by atoms with Gasteiger partial charge in [0.15, 0.2) is 0 Å². The van der Waals surface area contributed by atoms with Crippen LogP contribution in [0.3, 0.4) is 0 Å². The Hall–Kier alpha value is -1.55. The van der Waals surface area contributed by atoms with Gasteiger partial charge in [0.05, 0.1) is 12.2 Å². The van der Waals surface area contributed by atoms with E-state index in [1.54, 1.807) is 24.1 Å². The number of nitrogens with two attached hydrogens (primary N) is 1. The van der Waals surface area contributed by atoms with Crippen LogP contribution in [0.5, 0.6) is 0 Å². The molecule has 0 aromatic heterocycles. The van der Waals surface area contributed by atoms with Gasteiger partial charge in [-0.15, -0.1) is 0 Å². The van der Waals surface area contributed by atoms with E-state index in [4.69, 9.17) is 10.5 Å². The van der Waals surface area contributed by atoms with Crippen LogP contribution in [0, 0.1) is 0 Å². The number of likely N-dealkylation sites (N-methyl/N-ethyl adjacent to an activating group) is 1. The number of ether oxygens (including phenoxy) is 1. The van der Waals surface area contributed by atoms with Gasteiger partial charge in [-0.25, -0.2) is 0 Å². The molecular formula is C12H18N2O2. The number of hydrogen-bond donors (Lipinski definition) is 1. The fraction of sp³-hybridized carbons (Fsp3) is 0.417. The summed E-state index contributed by atoms with van der Waals surface area (Å²) in [6.45, 7) is 3.70. The monoisotopic (exact) mass is 222 g/mol. The summed E-state index contributed by atoms with van der Waals surface area (Å²) in [5, 5.41) is 0. The van der Waals surface area contributed by atoms with Gasteiger partial charge in [0.1, 0.15) is 0 Å². The molecule has 88 valence electrons. The van der Waals surface area contributed by atoms with Gasteiger partial charge in [0.25, 0.3) is 5.91 Å². The summed E-state index contributed by atoms with van der Waals surface area (Å²) >= 11 is 0. The average molecular weight is 222 g/mol. The largest absolute Gasteiger partial charge is 0.398 e. The van der Waals surface area contributed by atoms with Crippen molar-refractivity contribution >= 4 is 11.6 Å². The van der Waals surface area contributed by atoms with E-state index >= 15 is 0 Å². The van der Waals surface area contributed by atoms with E-state index in [2.05, 4.69) is 0 Å². The van der Waals surface area contributed by atoms with E-state index in [1.165, 1.54) is 0 Å². The molecule has 16 heavy (non-hydrogen) atoms. The smallest absolute Gasteiger partial charge is 0.256 e. The van der Waals surface area contributed by atoms with Crippen molar-refractivity contribution < 1.29 is 9.53 Å². The Morgan fingerprint density at radius 3 is 2.69 bits per heavy atom. The van der Waals surface area contributed by atoms with Crippen LogP contribution >= 0.6 is 0 Å². The number of nitrogens with zero attached hydrogens (tertiary/aromatic N) is 1. The number of nitrogen functional groups attached to an aromatic ring is 1. The molecule has 0 spiro atoms. The molecule has 0 aliphatic heterocycles. The van der Waals surface area contributed by atoms with Crippen molar-refractivity contribution in [2.45, 2.75) is 6.92 Å². The molecule has 0 heterocycles. The van der Waals surface area contributed by atoms with Gasteiger partial charge in [-0.3, -0.25) is 4.79 Å². The van der Waals surface area contributed by atoms with Crippen molar-refractivity contribution in [2.75, 3.05) is 32.5 Å². The standard InChI is InChI=1S/C12H18N2O2/c1-3-14(8-9-16-2)12(15)10-6-4-5-7-11(10)13/h4-7H,3,8-9,13H2,1-2H3. The summed E-state index contributed by atoms with van der Waals surface area (Å²) < 4.78 is 4.97. The summed E-state index contributed by atoms with van der Waals surface area (Å²) in [5.41, 5.74) is 6.84. The molecule has 1 amide bonds. The van der Waals surface area contributed by atoms with Crippen LogP contribution in [-0.2, 0) is 4.74 Å². The van der Waals surface area contributed by atoms with E-state index in [-0.39, 0.29) is 5.91 Å². The first kappa shape index (κ1) is 12.5. The Kier molecular flexibility index (Phi) is 4.79. The van der Waals surface area contributed by atoms with Crippen molar-refractivity contribution in [1.29, 1.82) is 0 Å². The molecule has 2 N–H and O–H groups in total. The maximum Gasteiger partial charge on any atom is 0.256 e. The van der Waals surface area contributed by atoms with Crippen molar-refractivity contribution in [3.05, 3.63) is 29.8 Å². The number of rotatable bonds is 5. The average Bonchev–Trinajstić information content (AvgIpc) is 2.30. The number of para-hydroxylation sites is 1. The zero-order valence-corrected chi connectivity index (χ0v) is 9.77. The van der Waals surface area contributed by atoms with Crippen LogP contribution in [-0.4, -0.2) is 37.6 Å². The van der Waals surface area contributed by atoms with E-state index in [0.29, 0.717) is 30.9 Å². The van der Waals surface area contributed by atoms with Gasteiger partial charge in [-0.1, -0.05) is 12.1 Å². The number of benzene rings is 1. The van der Waals surface area contributed by atoms with Gasteiger partial charge in [-0.2, -0.15) is 0 Å². The highest BCUT2D eigenvalue weighted by molar-refractivity contribution is 5.99. The summed E-state index contributed by atoms with van der Waals surface area (Å²) in [7, 11) is 1.62. The molecule has 0 unspecified atom stereocenters. The van der Waals surface area contributed by atoms with Crippen LogP contribution in [0.1, 0.15) is 17.3 Å². The third-order valence-electron chi connectivity index (χ3n) is 2.43. The SMILES string of the molecule is CCN(CCOC)C(=O)c1ccccc1N. The number of anilines is 1. The van der Waals surface area contributed by atoms with Gasteiger partial charge in [0.2, 0.25) is 0 Å². The highest BCUT2D eigenvalue weighted by Crippen LogP contribution is 2.13. The maximum absolute atomic E-state index is 12.1. The molecule has 0 saturated heterocycles. The molecular weight excluding hydrogens is 204 g/mol. The quantitative estimate of drug-likeness (QED) is 0.766. The fourth-order valence-corrected chi connectivity index (χ4v) is 1.47. The van der Waals surface area contributed by atoms with E-state index in [1.807, 2.05) is 19.1 Å². The number of methoxy groups -OCH3 is 1. The first-order valence-corrected chi connectivity index (χ1v) is 5.33. The van der Waals surface area contributed by atoms with Gasteiger partial charge in [0, 0.05) is 25.9 Å². The van der Waals surface area contributed by atoms with Crippen LogP contribution in [0.2, 0.25) is 0 Å². The fourth-order valence-electron chi connectivity index (χ4n) is 1.47. The molecule has 0 saturated carbocycles. The Bertz CT molecular complexity index is 353. The Labute approximate surface area is 96.0 Å². The maximum atomic E-state index is 12.1. The molecule has 4 nitrogen and oxygen atoms in total. The summed E-state index contributed by atoms with van der Waals surface area (Å²) in [5.74, 6) is -0.0438. The van der Waals surface area contributed by atoms with Crippen molar-refractivity contribution in [2.24, 2.45) is 0 Å². The number of carbonyl (C=O) groups excluding carboxylic acids is 1. The molecule has 1 rings (SSSR count). The molecule has 0 bridgehead atoms. The Morgan fingerprint density at radius 2 is 2.12 bits per heavy atom. The number of carbonyl (C=O) groups is 1. The van der Waals surface area contributed by atoms with E-state index in [0.717, 1.165) is 0 Å². The van der Waals surface area contributed by atoms with Gasteiger partial charge < -0.3 is 15.4 Å². The van der Waals surface area contributed by atoms with Crippen molar-refractivity contribution in [1.82, 2.24) is 4.90 Å². The lowest BCUT2D eigenvalue weighted by Gasteiger charge is -2.21. The number of amides is 1. The molecule has 1 aromatic rings. The minimum Gasteiger partial charge on any atom is -0.398 e. The second-order valence-electron chi connectivity index (χ2n) is 3.46. The minimum absolute atomic E-state index is 0.0438. The lowest BCUT2D eigenvalue weighted by atomic mass is 10.1. The summed E-state index contributed by atoms with van der Waals surface area (Å²) in [4.78, 5) is 13.8. The second-order valence-corrected chi connectivity index (χ2v) is 3.46. The zero-order chi connectivity index (χ0) is 12.0. The molecule has 0 aliphatic rings. The van der Waals surface area contributed by atoms with Crippen LogP contribution in [0.25, 0.3) is 0 Å². The molecule has 4 heteroatoms. The third-order valence-corrected chi connectivity index (χ3v) is 2.43. The molecule has 0 aliphatic carbocycles. The zero-order valence-electron chi connectivity index (χ0n) is 9.77. The lowest BCUT2D eigenvalue weighted by Crippen LogP contribution is -2.34. The highest BCUT2D eigenvalue weighted by Gasteiger charge is 2.15. The Morgan fingerprint density at radius 1 is 1.44 bits per heavy atom. The van der Waals surface area contributed by atoms with Crippen LogP contribution < -0.4 is 5.73 Å². The highest BCUT2D eigenvalue weighted by atomic mass is 16.5. The lowest BCUT2D eigenvalue weighted by molar-refractivity contribution is 0.0707. The predicted molar refractivity (Wildman–Crippen MR) is 64.3 cm³/mol. The molecule has 1 aromatic carbocycles. The summed E-state index contributed by atoms with van der Waals surface area (Å²) in [6, 6.07) is 7.11. The topological polar surface area (TPSA) is 55.6 Å². The Balaban J connectivity index is 2.79.